The van der Waals surface area contributed by atoms with Crippen LogP contribution in [0.3, 0.4) is 0 Å². The first-order chi connectivity index (χ1) is 7.26. The fourth-order valence-corrected chi connectivity index (χ4v) is 1.38. The molecule has 15 heavy (non-hydrogen) atoms. The van der Waals surface area contributed by atoms with Gasteiger partial charge in [0, 0.05) is 31.4 Å². The molecular formula is C11H21N3O. The average molecular weight is 211 g/mol. The molecular weight excluding hydrogens is 190 g/mol. The van der Waals surface area contributed by atoms with Crippen LogP contribution in [-0.4, -0.2) is 27.5 Å². The molecule has 0 spiro atoms. The van der Waals surface area contributed by atoms with E-state index in [0.29, 0.717) is 6.54 Å². The van der Waals surface area contributed by atoms with E-state index in [0.717, 1.165) is 25.9 Å². The summed E-state index contributed by atoms with van der Waals surface area (Å²) in [6.45, 7) is 6.51. The number of aliphatic hydroxyl groups excluding tert-OH is 1. The van der Waals surface area contributed by atoms with E-state index in [4.69, 9.17) is 0 Å². The molecule has 0 radical (unpaired) electrons. The van der Waals surface area contributed by atoms with E-state index in [1.165, 1.54) is 5.56 Å². The zero-order valence-corrected chi connectivity index (χ0v) is 9.61. The molecule has 1 unspecified atom stereocenters. The first-order valence-electron chi connectivity index (χ1n) is 5.66. The molecule has 0 saturated heterocycles. The molecule has 0 aliphatic rings. The lowest BCUT2D eigenvalue weighted by molar-refractivity contribution is 0.167. The van der Waals surface area contributed by atoms with Gasteiger partial charge in [-0.05, 0) is 12.8 Å². The summed E-state index contributed by atoms with van der Waals surface area (Å²) >= 11 is 0. The average Bonchev–Trinajstić information content (AvgIpc) is 2.66. The Balaban J connectivity index is 2.25. The van der Waals surface area contributed by atoms with E-state index in [1.54, 1.807) is 0 Å². The Morgan fingerprint density at radius 3 is 3.00 bits per heavy atom. The predicted molar refractivity (Wildman–Crippen MR) is 60.5 cm³/mol. The van der Waals surface area contributed by atoms with Gasteiger partial charge in [-0.2, -0.15) is 5.10 Å². The maximum Gasteiger partial charge on any atom is 0.0662 e. The minimum absolute atomic E-state index is 0.240. The first kappa shape index (κ1) is 12.2. The molecule has 0 bridgehead atoms. The van der Waals surface area contributed by atoms with Crippen molar-refractivity contribution in [1.82, 2.24) is 15.1 Å². The van der Waals surface area contributed by atoms with Gasteiger partial charge in [-0.25, -0.2) is 0 Å². The van der Waals surface area contributed by atoms with Crippen molar-refractivity contribution in [3.63, 3.8) is 0 Å². The summed E-state index contributed by atoms with van der Waals surface area (Å²) in [6, 6.07) is 0. The summed E-state index contributed by atoms with van der Waals surface area (Å²) < 4.78 is 1.95. The Kier molecular flexibility index (Phi) is 5.36. The van der Waals surface area contributed by atoms with Crippen molar-refractivity contribution in [2.24, 2.45) is 0 Å². The number of aliphatic hydroxyl groups is 1. The maximum atomic E-state index is 9.34. The summed E-state index contributed by atoms with van der Waals surface area (Å²) in [5, 5.41) is 16.8. The molecule has 2 N–H and O–H groups in total. The van der Waals surface area contributed by atoms with Crippen LogP contribution in [0.15, 0.2) is 12.4 Å². The van der Waals surface area contributed by atoms with E-state index < -0.39 is 0 Å². The summed E-state index contributed by atoms with van der Waals surface area (Å²) in [5.74, 6) is 0. The Bertz CT molecular complexity index is 273. The summed E-state index contributed by atoms with van der Waals surface area (Å²) in [7, 11) is 0. The monoisotopic (exact) mass is 211 g/mol. The molecule has 0 aliphatic carbocycles. The van der Waals surface area contributed by atoms with Crippen LogP contribution in [-0.2, 0) is 13.1 Å². The van der Waals surface area contributed by atoms with Gasteiger partial charge in [-0.15, -0.1) is 0 Å². The molecule has 0 aliphatic heterocycles. The molecule has 4 nitrogen and oxygen atoms in total. The van der Waals surface area contributed by atoms with Crippen molar-refractivity contribution in [3.8, 4) is 0 Å². The van der Waals surface area contributed by atoms with Crippen molar-refractivity contribution in [2.45, 2.75) is 45.9 Å². The molecule has 1 aromatic rings. The number of aryl methyl sites for hydroxylation is 1. The number of nitrogens with zero attached hydrogens (tertiary/aromatic N) is 2. The molecule has 0 amide bonds. The highest BCUT2D eigenvalue weighted by Gasteiger charge is 2.01. The van der Waals surface area contributed by atoms with Crippen LogP contribution < -0.4 is 5.32 Å². The zero-order chi connectivity index (χ0) is 11.1. The Morgan fingerprint density at radius 1 is 1.53 bits per heavy atom. The normalized spacial score (nSPS) is 13.0. The molecule has 4 heteroatoms. The largest absolute Gasteiger partial charge is 0.392 e. The van der Waals surface area contributed by atoms with Crippen LogP contribution in [0.25, 0.3) is 0 Å². The van der Waals surface area contributed by atoms with Gasteiger partial charge in [0.2, 0.25) is 0 Å². The van der Waals surface area contributed by atoms with Gasteiger partial charge in [0.25, 0.3) is 0 Å². The zero-order valence-electron chi connectivity index (χ0n) is 9.61. The molecule has 1 heterocycles. The van der Waals surface area contributed by atoms with Crippen molar-refractivity contribution in [2.75, 3.05) is 6.54 Å². The van der Waals surface area contributed by atoms with Gasteiger partial charge >= 0.3 is 0 Å². The van der Waals surface area contributed by atoms with E-state index in [2.05, 4.69) is 23.5 Å². The summed E-state index contributed by atoms with van der Waals surface area (Å²) in [6.07, 6.45) is 5.58. The third kappa shape index (κ3) is 4.44. The molecule has 86 valence electrons. The Labute approximate surface area is 91.3 Å². The molecule has 1 rings (SSSR count). The number of hydrogen-bond donors (Lipinski definition) is 2. The molecule has 0 fully saturated rings. The second-order valence-electron chi connectivity index (χ2n) is 3.80. The van der Waals surface area contributed by atoms with E-state index in [1.807, 2.05) is 17.8 Å². The van der Waals surface area contributed by atoms with Crippen molar-refractivity contribution in [3.05, 3.63) is 18.0 Å². The first-order valence-corrected chi connectivity index (χ1v) is 5.66. The highest BCUT2D eigenvalue weighted by molar-refractivity contribution is 5.03. The van der Waals surface area contributed by atoms with Crippen molar-refractivity contribution in [1.29, 1.82) is 0 Å². The van der Waals surface area contributed by atoms with E-state index in [9.17, 15) is 5.11 Å². The van der Waals surface area contributed by atoms with Gasteiger partial charge in [0.1, 0.15) is 0 Å². The maximum absolute atomic E-state index is 9.34. The van der Waals surface area contributed by atoms with Gasteiger partial charge < -0.3 is 10.4 Å². The lowest BCUT2D eigenvalue weighted by Crippen LogP contribution is -2.25. The Morgan fingerprint density at radius 2 is 2.33 bits per heavy atom. The third-order valence-electron chi connectivity index (χ3n) is 2.32. The van der Waals surface area contributed by atoms with E-state index >= 15 is 0 Å². The third-order valence-corrected chi connectivity index (χ3v) is 2.32. The van der Waals surface area contributed by atoms with Crippen LogP contribution in [0, 0.1) is 0 Å². The minimum atomic E-state index is -0.240. The van der Waals surface area contributed by atoms with Gasteiger partial charge in [-0.1, -0.05) is 13.8 Å². The van der Waals surface area contributed by atoms with Gasteiger partial charge in [0.15, 0.2) is 0 Å². The topological polar surface area (TPSA) is 50.1 Å². The van der Waals surface area contributed by atoms with Crippen molar-refractivity contribution < 1.29 is 5.11 Å². The molecule has 0 saturated carbocycles. The number of rotatable bonds is 7. The van der Waals surface area contributed by atoms with Crippen LogP contribution in [0.1, 0.15) is 32.3 Å². The highest BCUT2D eigenvalue weighted by Crippen LogP contribution is 1.98. The fraction of sp³-hybridized carbons (Fsp3) is 0.727. The number of nitrogens with one attached hydrogen (secondary N) is 1. The molecule has 1 aromatic heterocycles. The minimum Gasteiger partial charge on any atom is -0.392 e. The number of hydrogen-bond acceptors (Lipinski definition) is 3. The molecule has 0 aromatic carbocycles. The van der Waals surface area contributed by atoms with Crippen LogP contribution >= 0.6 is 0 Å². The lowest BCUT2D eigenvalue weighted by Gasteiger charge is -2.07. The summed E-state index contributed by atoms with van der Waals surface area (Å²) in [5.41, 5.74) is 1.17. The second-order valence-corrected chi connectivity index (χ2v) is 3.80. The van der Waals surface area contributed by atoms with Crippen LogP contribution in [0.4, 0.5) is 0 Å². The quantitative estimate of drug-likeness (QED) is 0.711. The Hall–Kier alpha value is -0.870. The fourth-order valence-electron chi connectivity index (χ4n) is 1.38. The number of aromatic nitrogens is 2. The highest BCUT2D eigenvalue weighted by atomic mass is 16.3. The van der Waals surface area contributed by atoms with Crippen molar-refractivity contribution >= 4 is 0 Å². The van der Waals surface area contributed by atoms with Crippen LogP contribution in [0.5, 0.6) is 0 Å². The smallest absolute Gasteiger partial charge is 0.0662 e. The second kappa shape index (κ2) is 6.58. The SMILES string of the molecule is CCCn1cc(CNCC(O)CC)cn1. The van der Waals surface area contributed by atoms with E-state index in [-0.39, 0.29) is 6.10 Å². The lowest BCUT2D eigenvalue weighted by atomic mass is 10.2. The van der Waals surface area contributed by atoms with Crippen LogP contribution in [0.2, 0.25) is 0 Å². The summed E-state index contributed by atoms with van der Waals surface area (Å²) in [4.78, 5) is 0. The predicted octanol–water partition coefficient (Wildman–Crippen LogP) is 1.15. The standard InChI is InChI=1S/C11H21N3O/c1-3-5-14-9-10(7-13-14)6-12-8-11(15)4-2/h7,9,11-12,15H,3-6,8H2,1-2H3. The van der Waals surface area contributed by atoms with Gasteiger partial charge in [-0.3, -0.25) is 4.68 Å². The molecule has 1 atom stereocenters. The van der Waals surface area contributed by atoms with Gasteiger partial charge in [0.05, 0.1) is 12.3 Å².